The lowest BCUT2D eigenvalue weighted by molar-refractivity contribution is 0.102. The molecule has 2 saturated heterocycles. The maximum absolute atomic E-state index is 12.8. The number of anilines is 2. The van der Waals surface area contributed by atoms with Crippen molar-refractivity contribution in [2.75, 3.05) is 36.4 Å². The van der Waals surface area contributed by atoms with Crippen LogP contribution in [0.15, 0.2) is 65.6 Å². The second-order valence-corrected chi connectivity index (χ2v) is 11.9. The summed E-state index contributed by atoms with van der Waals surface area (Å²) >= 11 is 0. The van der Waals surface area contributed by atoms with Gasteiger partial charge in [-0.25, -0.2) is 8.42 Å². The standard InChI is InChI=1S/C28H33N5O3S/c1-21-15-19-32(20-16-21)27-14-13-26(30-31-27)22-5-9-24(10-6-22)29-28(34)23-7-11-25(12-8-23)37(35,36)33-17-3-2-4-18-33/h5-14,21H,2-4,15-20H2,1H3,(H,29,34). The molecule has 9 heteroatoms. The molecule has 2 fully saturated rings. The fourth-order valence-electron chi connectivity index (χ4n) is 4.85. The average Bonchev–Trinajstić information content (AvgIpc) is 2.94. The Morgan fingerprint density at radius 3 is 2.14 bits per heavy atom. The van der Waals surface area contributed by atoms with E-state index in [1.54, 1.807) is 12.1 Å². The van der Waals surface area contributed by atoms with Gasteiger partial charge in [0.25, 0.3) is 5.91 Å². The van der Waals surface area contributed by atoms with Gasteiger partial charge in [-0.15, -0.1) is 10.2 Å². The number of hydrogen-bond acceptors (Lipinski definition) is 6. The second kappa shape index (κ2) is 11.0. The topological polar surface area (TPSA) is 95.5 Å². The number of sulfonamides is 1. The maximum Gasteiger partial charge on any atom is 0.255 e. The molecule has 5 rings (SSSR count). The average molecular weight is 520 g/mol. The van der Waals surface area contributed by atoms with E-state index in [9.17, 15) is 13.2 Å². The van der Waals surface area contributed by atoms with Gasteiger partial charge in [0.2, 0.25) is 10.0 Å². The molecule has 0 atom stereocenters. The highest BCUT2D eigenvalue weighted by molar-refractivity contribution is 7.89. The Kier molecular flexibility index (Phi) is 7.53. The molecule has 2 aromatic carbocycles. The Bertz CT molecular complexity index is 1310. The number of benzene rings is 2. The predicted octanol–water partition coefficient (Wildman–Crippen LogP) is 4.81. The minimum atomic E-state index is -3.52. The van der Waals surface area contributed by atoms with Crippen LogP contribution in [0.4, 0.5) is 11.5 Å². The van der Waals surface area contributed by atoms with Crippen molar-refractivity contribution in [3.05, 3.63) is 66.2 Å². The zero-order valence-corrected chi connectivity index (χ0v) is 22.0. The Balaban J connectivity index is 1.20. The summed E-state index contributed by atoms with van der Waals surface area (Å²) in [6.45, 7) is 5.42. The van der Waals surface area contributed by atoms with E-state index in [0.717, 1.165) is 55.3 Å². The Morgan fingerprint density at radius 1 is 0.838 bits per heavy atom. The van der Waals surface area contributed by atoms with Crippen LogP contribution in [-0.2, 0) is 10.0 Å². The van der Waals surface area contributed by atoms with Crippen molar-refractivity contribution >= 4 is 27.4 Å². The van der Waals surface area contributed by atoms with Crippen molar-refractivity contribution in [3.63, 3.8) is 0 Å². The van der Waals surface area contributed by atoms with Crippen molar-refractivity contribution in [2.45, 2.75) is 43.9 Å². The normalized spacial score (nSPS) is 17.5. The summed E-state index contributed by atoms with van der Waals surface area (Å²) in [5, 5.41) is 11.7. The summed E-state index contributed by atoms with van der Waals surface area (Å²) in [5.41, 5.74) is 2.73. The molecule has 37 heavy (non-hydrogen) atoms. The molecular weight excluding hydrogens is 486 g/mol. The first kappa shape index (κ1) is 25.4. The molecule has 0 saturated carbocycles. The summed E-state index contributed by atoms with van der Waals surface area (Å²) in [5.74, 6) is 1.38. The molecular formula is C28H33N5O3S. The summed E-state index contributed by atoms with van der Waals surface area (Å²) in [4.78, 5) is 15.2. The first-order valence-corrected chi connectivity index (χ1v) is 14.4. The van der Waals surface area contributed by atoms with Gasteiger partial charge in [-0.3, -0.25) is 4.79 Å². The minimum absolute atomic E-state index is 0.220. The van der Waals surface area contributed by atoms with Gasteiger partial charge in [0.05, 0.1) is 10.6 Å². The number of nitrogens with one attached hydrogen (secondary N) is 1. The molecule has 1 aromatic heterocycles. The first-order chi connectivity index (χ1) is 17.9. The zero-order valence-electron chi connectivity index (χ0n) is 21.1. The van der Waals surface area contributed by atoms with E-state index in [1.807, 2.05) is 36.4 Å². The number of hydrogen-bond donors (Lipinski definition) is 1. The van der Waals surface area contributed by atoms with Crippen LogP contribution < -0.4 is 10.2 Å². The third-order valence-electron chi connectivity index (χ3n) is 7.27. The highest BCUT2D eigenvalue weighted by Crippen LogP contribution is 2.25. The van der Waals surface area contributed by atoms with Gasteiger partial charge in [0.1, 0.15) is 0 Å². The first-order valence-electron chi connectivity index (χ1n) is 13.0. The highest BCUT2D eigenvalue weighted by Gasteiger charge is 2.26. The highest BCUT2D eigenvalue weighted by atomic mass is 32.2. The molecule has 0 bridgehead atoms. The van der Waals surface area contributed by atoms with Crippen molar-refractivity contribution in [1.29, 1.82) is 0 Å². The van der Waals surface area contributed by atoms with Crippen molar-refractivity contribution in [1.82, 2.24) is 14.5 Å². The fourth-order valence-corrected chi connectivity index (χ4v) is 6.36. The Labute approximate surface area is 218 Å². The number of piperidine rings is 2. The van der Waals surface area contributed by atoms with Crippen molar-refractivity contribution < 1.29 is 13.2 Å². The van der Waals surface area contributed by atoms with Gasteiger partial charge in [0.15, 0.2) is 5.82 Å². The van der Waals surface area contributed by atoms with Gasteiger partial charge in [0, 0.05) is 43.0 Å². The number of carbonyl (C=O) groups excluding carboxylic acids is 1. The molecule has 0 aliphatic carbocycles. The third kappa shape index (κ3) is 5.83. The van der Waals surface area contributed by atoms with Crippen LogP contribution in [0.5, 0.6) is 0 Å². The third-order valence-corrected chi connectivity index (χ3v) is 9.18. The van der Waals surface area contributed by atoms with Gasteiger partial charge < -0.3 is 10.2 Å². The second-order valence-electron chi connectivity index (χ2n) is 9.97. The summed E-state index contributed by atoms with van der Waals surface area (Å²) < 4.78 is 27.2. The van der Waals surface area contributed by atoms with Crippen molar-refractivity contribution in [3.8, 4) is 11.3 Å². The number of aromatic nitrogens is 2. The van der Waals surface area contributed by atoms with E-state index in [-0.39, 0.29) is 10.8 Å². The molecule has 0 unspecified atom stereocenters. The van der Waals surface area contributed by atoms with Crippen LogP contribution in [0, 0.1) is 5.92 Å². The molecule has 194 valence electrons. The van der Waals surface area contributed by atoms with E-state index in [0.29, 0.717) is 24.3 Å². The molecule has 3 heterocycles. The lowest BCUT2D eigenvalue weighted by Crippen LogP contribution is -2.35. The number of carbonyl (C=O) groups is 1. The van der Waals surface area contributed by atoms with E-state index >= 15 is 0 Å². The van der Waals surface area contributed by atoms with Crippen LogP contribution in [-0.4, -0.2) is 55.0 Å². The van der Waals surface area contributed by atoms with Crippen LogP contribution in [0.1, 0.15) is 49.4 Å². The number of nitrogens with zero attached hydrogens (tertiary/aromatic N) is 4. The molecule has 1 N–H and O–H groups in total. The predicted molar refractivity (Wildman–Crippen MR) is 145 cm³/mol. The van der Waals surface area contributed by atoms with E-state index in [2.05, 4.69) is 27.3 Å². The summed E-state index contributed by atoms with van der Waals surface area (Å²) in [6.07, 6.45) is 5.18. The monoisotopic (exact) mass is 519 g/mol. The largest absolute Gasteiger partial charge is 0.355 e. The lowest BCUT2D eigenvalue weighted by Gasteiger charge is -2.30. The van der Waals surface area contributed by atoms with Gasteiger partial charge >= 0.3 is 0 Å². The van der Waals surface area contributed by atoms with Crippen LogP contribution in [0.25, 0.3) is 11.3 Å². The van der Waals surface area contributed by atoms with Crippen LogP contribution in [0.2, 0.25) is 0 Å². The Morgan fingerprint density at radius 2 is 1.51 bits per heavy atom. The van der Waals surface area contributed by atoms with Crippen LogP contribution in [0.3, 0.4) is 0 Å². The van der Waals surface area contributed by atoms with Gasteiger partial charge in [-0.1, -0.05) is 25.5 Å². The zero-order chi connectivity index (χ0) is 25.8. The lowest BCUT2D eigenvalue weighted by atomic mass is 9.99. The van der Waals surface area contributed by atoms with Gasteiger partial charge in [-0.2, -0.15) is 4.31 Å². The minimum Gasteiger partial charge on any atom is -0.355 e. The van der Waals surface area contributed by atoms with Gasteiger partial charge in [-0.05, 0) is 80.1 Å². The summed E-state index contributed by atoms with van der Waals surface area (Å²) in [6, 6.07) is 17.6. The smallest absolute Gasteiger partial charge is 0.255 e. The van der Waals surface area contributed by atoms with E-state index in [1.165, 1.54) is 29.3 Å². The Hall–Kier alpha value is -3.30. The quantitative estimate of drug-likeness (QED) is 0.502. The molecule has 3 aromatic rings. The maximum atomic E-state index is 12.8. The molecule has 2 aliphatic rings. The van der Waals surface area contributed by atoms with E-state index < -0.39 is 10.0 Å². The molecule has 2 aliphatic heterocycles. The number of rotatable bonds is 6. The molecule has 1 amide bonds. The molecule has 0 spiro atoms. The van der Waals surface area contributed by atoms with E-state index in [4.69, 9.17) is 0 Å². The fraction of sp³-hybridized carbons (Fsp3) is 0.393. The van der Waals surface area contributed by atoms with Crippen LogP contribution >= 0.6 is 0 Å². The van der Waals surface area contributed by atoms with Crippen molar-refractivity contribution in [2.24, 2.45) is 5.92 Å². The molecule has 8 nitrogen and oxygen atoms in total. The summed E-state index contributed by atoms with van der Waals surface area (Å²) in [7, 11) is -3.52. The molecule has 0 radical (unpaired) electrons. The number of amides is 1. The SMILES string of the molecule is CC1CCN(c2ccc(-c3ccc(NC(=O)c4ccc(S(=O)(=O)N5CCCCC5)cc4)cc3)nn2)CC1.